The summed E-state index contributed by atoms with van der Waals surface area (Å²) in [5, 5.41) is 0. The second kappa shape index (κ2) is 7.10. The molecule has 0 bridgehead atoms. The third kappa shape index (κ3) is 3.27. The Labute approximate surface area is 152 Å². The largest absolute Gasteiger partial charge is 0.493 e. The first-order valence-corrected chi connectivity index (χ1v) is 9.66. The molecule has 124 valence electrons. The number of benzene rings is 2. The maximum absolute atomic E-state index is 5.88. The lowest BCUT2D eigenvalue weighted by Gasteiger charge is -2.16. The van der Waals surface area contributed by atoms with E-state index in [0.717, 1.165) is 49.1 Å². The quantitative estimate of drug-likeness (QED) is 0.715. The minimum Gasteiger partial charge on any atom is -0.493 e. The molecular weight excluding hydrogens is 362 g/mol. The van der Waals surface area contributed by atoms with Crippen molar-refractivity contribution in [2.24, 2.45) is 4.99 Å². The van der Waals surface area contributed by atoms with E-state index in [4.69, 9.17) is 9.73 Å². The van der Waals surface area contributed by atoms with Crippen molar-refractivity contribution in [3.05, 3.63) is 63.1 Å². The molecule has 0 amide bonds. The molecule has 2 nitrogen and oxygen atoms in total. The van der Waals surface area contributed by atoms with Gasteiger partial charge in [-0.3, -0.25) is 4.99 Å². The third-order valence-electron chi connectivity index (χ3n) is 4.94. The zero-order valence-corrected chi connectivity index (χ0v) is 15.4. The van der Waals surface area contributed by atoms with Crippen LogP contribution in [0.1, 0.15) is 41.5 Å². The van der Waals surface area contributed by atoms with Gasteiger partial charge in [-0.25, -0.2) is 0 Å². The van der Waals surface area contributed by atoms with Crippen molar-refractivity contribution < 1.29 is 4.74 Å². The van der Waals surface area contributed by atoms with E-state index in [-0.39, 0.29) is 0 Å². The summed E-state index contributed by atoms with van der Waals surface area (Å²) in [6.45, 7) is 1.79. The molecule has 0 radical (unpaired) electrons. The van der Waals surface area contributed by atoms with Gasteiger partial charge in [0.25, 0.3) is 0 Å². The second-order valence-electron chi connectivity index (χ2n) is 6.59. The van der Waals surface area contributed by atoms with E-state index in [1.54, 1.807) is 0 Å². The molecule has 2 heterocycles. The number of fused-ring (bicyclic) bond motifs is 1. The maximum atomic E-state index is 5.88. The molecule has 2 aliphatic heterocycles. The lowest BCUT2D eigenvalue weighted by atomic mass is 9.93. The highest BCUT2D eigenvalue weighted by molar-refractivity contribution is 9.10. The summed E-state index contributed by atoms with van der Waals surface area (Å²) in [4.78, 5) is 4.77. The predicted molar refractivity (Wildman–Crippen MR) is 102 cm³/mol. The zero-order chi connectivity index (χ0) is 16.4. The fourth-order valence-corrected chi connectivity index (χ4v) is 4.29. The standard InChI is InChI=1S/C21H22BrNO/c22-18-13-16(21-17(14-18)10-12-24-21)9-8-15-5-1-2-6-19(15)20-7-3-4-11-23-20/h1-2,5-6,13-14H,3-4,7-12H2. The Morgan fingerprint density at radius 2 is 1.88 bits per heavy atom. The van der Waals surface area contributed by atoms with Gasteiger partial charge in [-0.05, 0) is 66.5 Å². The van der Waals surface area contributed by atoms with Crippen LogP contribution >= 0.6 is 15.9 Å². The van der Waals surface area contributed by atoms with Gasteiger partial charge in [-0.2, -0.15) is 0 Å². The highest BCUT2D eigenvalue weighted by Gasteiger charge is 2.18. The summed E-state index contributed by atoms with van der Waals surface area (Å²) in [7, 11) is 0. The van der Waals surface area contributed by atoms with E-state index in [9.17, 15) is 0 Å². The van der Waals surface area contributed by atoms with E-state index in [2.05, 4.69) is 52.3 Å². The Morgan fingerprint density at radius 1 is 1.00 bits per heavy atom. The molecule has 24 heavy (non-hydrogen) atoms. The van der Waals surface area contributed by atoms with E-state index in [0.29, 0.717) is 0 Å². The van der Waals surface area contributed by atoms with E-state index in [1.165, 1.54) is 40.8 Å². The van der Waals surface area contributed by atoms with Crippen LogP contribution < -0.4 is 4.74 Å². The third-order valence-corrected chi connectivity index (χ3v) is 5.40. The van der Waals surface area contributed by atoms with Crippen molar-refractivity contribution in [3.63, 3.8) is 0 Å². The number of ether oxygens (including phenoxy) is 1. The second-order valence-corrected chi connectivity index (χ2v) is 7.51. The molecule has 0 atom stereocenters. The Hall–Kier alpha value is -1.61. The van der Waals surface area contributed by atoms with Crippen molar-refractivity contribution in [3.8, 4) is 5.75 Å². The molecule has 0 fully saturated rings. The van der Waals surface area contributed by atoms with E-state index in [1.807, 2.05) is 0 Å². The first-order valence-electron chi connectivity index (χ1n) is 8.87. The van der Waals surface area contributed by atoms with Gasteiger partial charge >= 0.3 is 0 Å². The minimum atomic E-state index is 0.812. The van der Waals surface area contributed by atoms with Crippen LogP contribution in [0.2, 0.25) is 0 Å². The summed E-state index contributed by atoms with van der Waals surface area (Å²) in [6, 6.07) is 13.2. The molecule has 0 saturated heterocycles. The van der Waals surface area contributed by atoms with Gasteiger partial charge in [0.1, 0.15) is 5.75 Å². The van der Waals surface area contributed by atoms with Crippen molar-refractivity contribution in [2.45, 2.75) is 38.5 Å². The number of rotatable bonds is 4. The van der Waals surface area contributed by atoms with Gasteiger partial charge in [0, 0.05) is 23.1 Å². The highest BCUT2D eigenvalue weighted by Crippen LogP contribution is 2.34. The van der Waals surface area contributed by atoms with Gasteiger partial charge in [-0.15, -0.1) is 0 Å². The summed E-state index contributed by atoms with van der Waals surface area (Å²) in [6.07, 6.45) is 6.67. The zero-order valence-electron chi connectivity index (χ0n) is 13.9. The van der Waals surface area contributed by atoms with Gasteiger partial charge < -0.3 is 4.74 Å². The van der Waals surface area contributed by atoms with Gasteiger partial charge in [0.2, 0.25) is 0 Å². The Kier molecular flexibility index (Phi) is 4.70. The molecule has 0 saturated carbocycles. The highest BCUT2D eigenvalue weighted by atomic mass is 79.9. The molecule has 3 heteroatoms. The fourth-order valence-electron chi connectivity index (χ4n) is 3.74. The summed E-state index contributed by atoms with van der Waals surface area (Å²) in [5.41, 5.74) is 6.71. The molecule has 0 unspecified atom stereocenters. The molecule has 4 rings (SSSR count). The average molecular weight is 384 g/mol. The SMILES string of the molecule is Brc1cc2c(c(CCc3ccccc3C3=NCCCC3)c1)OCC2. The van der Waals surface area contributed by atoms with Crippen LogP contribution in [0.5, 0.6) is 5.75 Å². The van der Waals surface area contributed by atoms with Crippen LogP contribution in [0, 0.1) is 0 Å². The predicted octanol–water partition coefficient (Wildman–Crippen LogP) is 5.14. The molecule has 2 aromatic rings. The average Bonchev–Trinajstić information content (AvgIpc) is 3.09. The normalized spacial score (nSPS) is 16.5. The van der Waals surface area contributed by atoms with Crippen LogP contribution in [0.25, 0.3) is 0 Å². The van der Waals surface area contributed by atoms with Gasteiger partial charge in [0.05, 0.1) is 6.61 Å². The molecule has 2 aromatic carbocycles. The molecule has 0 aromatic heterocycles. The molecule has 2 aliphatic rings. The van der Waals surface area contributed by atoms with Gasteiger partial charge in [0.15, 0.2) is 0 Å². The molecular formula is C21H22BrNO. The lowest BCUT2D eigenvalue weighted by molar-refractivity contribution is 0.353. The summed E-state index contributed by atoms with van der Waals surface area (Å²) in [5.74, 6) is 1.12. The Balaban J connectivity index is 1.58. The van der Waals surface area contributed by atoms with Crippen molar-refractivity contribution in [1.29, 1.82) is 0 Å². The van der Waals surface area contributed by atoms with Crippen LogP contribution in [-0.2, 0) is 19.3 Å². The maximum Gasteiger partial charge on any atom is 0.125 e. The van der Waals surface area contributed by atoms with Gasteiger partial charge in [-0.1, -0.05) is 40.2 Å². The number of aryl methyl sites for hydroxylation is 2. The fraction of sp³-hybridized carbons (Fsp3) is 0.381. The number of hydrogen-bond acceptors (Lipinski definition) is 2. The number of aliphatic imine (C=N–C) groups is 1. The van der Waals surface area contributed by atoms with E-state index >= 15 is 0 Å². The first-order chi connectivity index (χ1) is 11.8. The van der Waals surface area contributed by atoms with Crippen LogP contribution in [0.3, 0.4) is 0 Å². The van der Waals surface area contributed by atoms with Crippen molar-refractivity contribution >= 4 is 21.6 Å². The molecule has 0 N–H and O–H groups in total. The lowest BCUT2D eigenvalue weighted by Crippen LogP contribution is -2.11. The Morgan fingerprint density at radius 3 is 2.75 bits per heavy atom. The molecule has 0 aliphatic carbocycles. The number of nitrogens with zero attached hydrogens (tertiary/aromatic N) is 1. The summed E-state index contributed by atoms with van der Waals surface area (Å²) >= 11 is 3.64. The smallest absolute Gasteiger partial charge is 0.125 e. The number of hydrogen-bond donors (Lipinski definition) is 0. The number of halogens is 1. The first kappa shape index (κ1) is 15.9. The van der Waals surface area contributed by atoms with Crippen LogP contribution in [0.15, 0.2) is 45.9 Å². The van der Waals surface area contributed by atoms with Crippen LogP contribution in [-0.4, -0.2) is 18.9 Å². The van der Waals surface area contributed by atoms with E-state index < -0.39 is 0 Å². The Bertz CT molecular complexity index is 781. The molecule has 0 spiro atoms. The van der Waals surface area contributed by atoms with Crippen LogP contribution in [0.4, 0.5) is 0 Å². The minimum absolute atomic E-state index is 0.812. The topological polar surface area (TPSA) is 21.6 Å². The van der Waals surface area contributed by atoms with Crippen molar-refractivity contribution in [2.75, 3.05) is 13.2 Å². The van der Waals surface area contributed by atoms with Crippen molar-refractivity contribution in [1.82, 2.24) is 0 Å². The summed E-state index contributed by atoms with van der Waals surface area (Å²) < 4.78 is 7.03. The monoisotopic (exact) mass is 383 g/mol.